The van der Waals surface area contributed by atoms with Crippen molar-refractivity contribution in [3.63, 3.8) is 0 Å². The number of para-hydroxylation sites is 4. The summed E-state index contributed by atoms with van der Waals surface area (Å²) in [5.41, 5.74) is 5.10. The zero-order chi connectivity index (χ0) is 29.6. The quantitative estimate of drug-likeness (QED) is 0.140. The van der Waals surface area contributed by atoms with Crippen LogP contribution in [-0.4, -0.2) is 34.3 Å². The molecule has 0 amide bonds. The molecule has 0 spiro atoms. The normalized spacial score (nSPS) is 11.1. The fourth-order valence-electron chi connectivity index (χ4n) is 5.25. The molecule has 0 aliphatic heterocycles. The molecule has 0 fully saturated rings. The van der Waals surface area contributed by atoms with Gasteiger partial charge in [0.1, 0.15) is 13.2 Å². The third-order valence-corrected chi connectivity index (χ3v) is 7.29. The van der Waals surface area contributed by atoms with Crippen LogP contribution in [0, 0.1) is 5.92 Å². The number of carbonyl (C=O) groups excluding carboxylic acids is 2. The number of esters is 2. The molecule has 0 bridgehead atoms. The molecule has 6 rings (SSSR count). The van der Waals surface area contributed by atoms with Gasteiger partial charge in [-0.3, -0.25) is 4.79 Å². The summed E-state index contributed by atoms with van der Waals surface area (Å²) in [6.45, 7) is 11.0. The number of nitrogens with zero attached hydrogens (tertiary/aromatic N) is 2. The third-order valence-electron chi connectivity index (χ3n) is 7.29. The summed E-state index contributed by atoms with van der Waals surface area (Å²) in [6.07, 6.45) is 0. The monoisotopic (exact) mass is 560 g/mol. The highest BCUT2D eigenvalue weighted by molar-refractivity contribution is 6.08. The van der Waals surface area contributed by atoms with Gasteiger partial charge in [-0.25, -0.2) is 4.79 Å². The Morgan fingerprint density at radius 2 is 0.952 bits per heavy atom. The molecule has 0 radical (unpaired) electrons. The van der Waals surface area contributed by atoms with Crippen molar-refractivity contribution in [2.24, 2.45) is 5.92 Å². The van der Waals surface area contributed by atoms with Gasteiger partial charge in [-0.1, -0.05) is 93.2 Å². The lowest BCUT2D eigenvalue weighted by Gasteiger charge is -2.10. The van der Waals surface area contributed by atoms with Crippen LogP contribution in [0.1, 0.15) is 20.8 Å². The number of rotatable bonds is 8. The molecule has 0 N–H and O–H groups in total. The Hall–Kier alpha value is -4.84. The van der Waals surface area contributed by atoms with Gasteiger partial charge in [0.15, 0.2) is 0 Å². The van der Waals surface area contributed by atoms with E-state index < -0.39 is 0 Å². The Kier molecular flexibility index (Phi) is 8.72. The molecule has 0 saturated carbocycles. The molecule has 6 aromatic rings. The molecular formula is C36H36N2O4. The highest BCUT2D eigenvalue weighted by Crippen LogP contribution is 2.29. The van der Waals surface area contributed by atoms with Crippen LogP contribution in [-0.2, 0) is 32.2 Å². The molecule has 2 heterocycles. The zero-order valence-electron chi connectivity index (χ0n) is 24.4. The summed E-state index contributed by atoms with van der Waals surface area (Å²) < 4.78 is 14.9. The van der Waals surface area contributed by atoms with Gasteiger partial charge in [0.2, 0.25) is 0 Å². The molecule has 214 valence electrons. The van der Waals surface area contributed by atoms with Crippen LogP contribution in [0.3, 0.4) is 0 Å². The Bertz CT molecular complexity index is 1790. The Morgan fingerprint density at radius 3 is 1.29 bits per heavy atom. The van der Waals surface area contributed by atoms with Gasteiger partial charge in [0.05, 0.1) is 19.0 Å². The van der Waals surface area contributed by atoms with E-state index in [0.717, 1.165) is 11.0 Å². The number of fused-ring (bicyclic) bond motifs is 6. The molecule has 0 saturated heterocycles. The zero-order valence-corrected chi connectivity index (χ0v) is 24.4. The predicted octanol–water partition coefficient (Wildman–Crippen LogP) is 7.91. The van der Waals surface area contributed by atoms with E-state index in [-0.39, 0.29) is 17.9 Å². The molecule has 2 aromatic heterocycles. The molecular weight excluding hydrogens is 524 g/mol. The Labute approximate surface area is 245 Å². The van der Waals surface area contributed by atoms with Crippen LogP contribution >= 0.6 is 0 Å². The van der Waals surface area contributed by atoms with E-state index in [2.05, 4.69) is 76.4 Å². The lowest BCUT2D eigenvalue weighted by Crippen LogP contribution is -2.15. The number of hydrogen-bond acceptors (Lipinski definition) is 4. The van der Waals surface area contributed by atoms with Crippen molar-refractivity contribution in [2.75, 3.05) is 13.2 Å². The largest absolute Gasteiger partial charge is 0.464 e. The second kappa shape index (κ2) is 12.8. The van der Waals surface area contributed by atoms with Crippen molar-refractivity contribution < 1.29 is 19.1 Å². The first kappa shape index (κ1) is 28.7. The number of benzene rings is 4. The highest BCUT2D eigenvalue weighted by Gasteiger charge is 2.12. The molecule has 0 aliphatic rings. The van der Waals surface area contributed by atoms with E-state index in [1.165, 1.54) is 32.6 Å². The number of hydrogen-bond donors (Lipinski definition) is 0. The van der Waals surface area contributed by atoms with Gasteiger partial charge in [-0.15, -0.1) is 0 Å². The lowest BCUT2D eigenvalue weighted by molar-refractivity contribution is -0.147. The molecule has 4 aromatic carbocycles. The van der Waals surface area contributed by atoms with Crippen molar-refractivity contribution >= 4 is 55.6 Å². The maximum absolute atomic E-state index is 11.6. The van der Waals surface area contributed by atoms with Crippen LogP contribution < -0.4 is 0 Å². The van der Waals surface area contributed by atoms with Crippen LogP contribution in [0.4, 0.5) is 0 Å². The molecule has 6 nitrogen and oxygen atoms in total. The van der Waals surface area contributed by atoms with E-state index >= 15 is 0 Å². The van der Waals surface area contributed by atoms with Crippen molar-refractivity contribution in [3.8, 4) is 0 Å². The minimum Gasteiger partial charge on any atom is -0.464 e. The maximum Gasteiger partial charge on any atom is 0.333 e. The number of carbonyl (C=O) groups is 2. The summed E-state index contributed by atoms with van der Waals surface area (Å²) in [7, 11) is 0. The first-order valence-electron chi connectivity index (χ1n) is 14.3. The highest BCUT2D eigenvalue weighted by atomic mass is 16.5. The average molecular weight is 561 g/mol. The SMILES string of the molecule is C=C(C)C(=O)OCCn1c2ccccc2c2ccccc21.CC(C)C(=O)OCCn1c2ccccc2c2ccccc21. The van der Waals surface area contributed by atoms with Crippen molar-refractivity contribution in [1.29, 1.82) is 0 Å². The van der Waals surface area contributed by atoms with Gasteiger partial charge < -0.3 is 18.6 Å². The minimum absolute atomic E-state index is 0.0804. The van der Waals surface area contributed by atoms with E-state index in [1.54, 1.807) is 6.92 Å². The van der Waals surface area contributed by atoms with E-state index in [9.17, 15) is 9.59 Å². The minimum atomic E-state index is -0.337. The van der Waals surface area contributed by atoms with E-state index in [1.807, 2.05) is 50.2 Å². The molecule has 0 atom stereocenters. The van der Waals surface area contributed by atoms with Crippen LogP contribution in [0.25, 0.3) is 43.6 Å². The first-order valence-corrected chi connectivity index (χ1v) is 14.3. The van der Waals surface area contributed by atoms with Crippen molar-refractivity contribution in [1.82, 2.24) is 9.13 Å². The summed E-state index contributed by atoms with van der Waals surface area (Å²) in [5, 5.41) is 4.92. The summed E-state index contributed by atoms with van der Waals surface area (Å²) in [6, 6.07) is 33.2. The number of aromatic nitrogens is 2. The maximum atomic E-state index is 11.6. The van der Waals surface area contributed by atoms with E-state index in [4.69, 9.17) is 9.47 Å². The molecule has 0 aliphatic carbocycles. The van der Waals surface area contributed by atoms with Crippen LogP contribution in [0.2, 0.25) is 0 Å². The molecule has 0 unspecified atom stereocenters. The molecule has 42 heavy (non-hydrogen) atoms. The van der Waals surface area contributed by atoms with Gasteiger partial charge in [0, 0.05) is 49.2 Å². The van der Waals surface area contributed by atoms with Gasteiger partial charge in [0.25, 0.3) is 0 Å². The average Bonchev–Trinajstić information content (AvgIpc) is 3.50. The Morgan fingerprint density at radius 1 is 0.619 bits per heavy atom. The second-order valence-electron chi connectivity index (χ2n) is 10.6. The fourth-order valence-corrected chi connectivity index (χ4v) is 5.25. The fraction of sp³-hybridized carbons (Fsp3) is 0.222. The van der Waals surface area contributed by atoms with Gasteiger partial charge in [-0.2, -0.15) is 0 Å². The summed E-state index contributed by atoms with van der Waals surface area (Å²) >= 11 is 0. The van der Waals surface area contributed by atoms with Crippen molar-refractivity contribution in [3.05, 3.63) is 109 Å². The van der Waals surface area contributed by atoms with Crippen LogP contribution in [0.15, 0.2) is 109 Å². The van der Waals surface area contributed by atoms with Crippen LogP contribution in [0.5, 0.6) is 0 Å². The Balaban J connectivity index is 0.000000168. The third kappa shape index (κ3) is 5.93. The lowest BCUT2D eigenvalue weighted by atomic mass is 10.2. The second-order valence-corrected chi connectivity index (χ2v) is 10.6. The topological polar surface area (TPSA) is 62.5 Å². The van der Waals surface area contributed by atoms with Crippen molar-refractivity contribution in [2.45, 2.75) is 33.9 Å². The van der Waals surface area contributed by atoms with Gasteiger partial charge >= 0.3 is 11.9 Å². The number of ether oxygens (including phenoxy) is 2. The standard InChI is InChI=1S/C18H19NO2.C18H17NO2/c2*1-13(2)18(20)21-12-11-19-16-9-5-3-7-14(16)15-8-4-6-10-17(15)19/h3-10,13H,11-12H2,1-2H3;3-10H,1,11-12H2,2H3. The predicted molar refractivity (Wildman–Crippen MR) is 170 cm³/mol. The summed E-state index contributed by atoms with van der Waals surface area (Å²) in [5.74, 6) is -0.560. The smallest absolute Gasteiger partial charge is 0.333 e. The van der Waals surface area contributed by atoms with Gasteiger partial charge in [-0.05, 0) is 31.2 Å². The van der Waals surface area contributed by atoms with E-state index in [0.29, 0.717) is 31.9 Å². The first-order chi connectivity index (χ1) is 20.4. The summed E-state index contributed by atoms with van der Waals surface area (Å²) in [4.78, 5) is 23.0. The molecule has 6 heteroatoms.